The van der Waals surface area contributed by atoms with Crippen LogP contribution in [-0.2, 0) is 16.4 Å². The fourth-order valence-electron chi connectivity index (χ4n) is 2.50. The van der Waals surface area contributed by atoms with Crippen LogP contribution in [0.3, 0.4) is 0 Å². The van der Waals surface area contributed by atoms with Crippen molar-refractivity contribution in [3.63, 3.8) is 0 Å². The predicted octanol–water partition coefficient (Wildman–Crippen LogP) is 2.68. The summed E-state index contributed by atoms with van der Waals surface area (Å²) in [5.74, 6) is 0.592. The SMILES string of the molecule is CC(NS(=O)(=O)c1ccc2c(c1)NCCC2)c1ccco1. The Morgan fingerprint density at radius 2 is 2.19 bits per heavy atom. The van der Waals surface area contributed by atoms with Crippen molar-refractivity contribution in [2.24, 2.45) is 0 Å². The Bertz CT molecular complexity index is 723. The highest BCUT2D eigenvalue weighted by Gasteiger charge is 2.21. The summed E-state index contributed by atoms with van der Waals surface area (Å²) in [6.07, 6.45) is 3.59. The Balaban J connectivity index is 1.84. The molecule has 0 bridgehead atoms. The zero-order chi connectivity index (χ0) is 14.9. The Labute approximate surface area is 124 Å². The number of aryl methyl sites for hydroxylation is 1. The van der Waals surface area contributed by atoms with Gasteiger partial charge in [-0.25, -0.2) is 13.1 Å². The molecule has 6 heteroatoms. The van der Waals surface area contributed by atoms with E-state index in [-0.39, 0.29) is 4.90 Å². The third kappa shape index (κ3) is 2.96. The summed E-state index contributed by atoms with van der Waals surface area (Å²) in [4.78, 5) is 0.272. The quantitative estimate of drug-likeness (QED) is 0.911. The lowest BCUT2D eigenvalue weighted by Gasteiger charge is -2.19. The van der Waals surface area contributed by atoms with Crippen molar-refractivity contribution in [2.75, 3.05) is 11.9 Å². The number of anilines is 1. The van der Waals surface area contributed by atoms with E-state index in [9.17, 15) is 8.42 Å². The molecule has 2 aromatic rings. The summed E-state index contributed by atoms with van der Waals surface area (Å²) in [5, 5.41) is 3.25. The normalized spacial score (nSPS) is 16.0. The largest absolute Gasteiger partial charge is 0.468 e. The molecule has 1 atom stereocenters. The van der Waals surface area contributed by atoms with Gasteiger partial charge in [0.05, 0.1) is 17.2 Å². The molecule has 1 aromatic carbocycles. The van der Waals surface area contributed by atoms with Crippen LogP contribution in [-0.4, -0.2) is 15.0 Å². The second-order valence-electron chi connectivity index (χ2n) is 5.21. The lowest BCUT2D eigenvalue weighted by atomic mass is 10.0. The van der Waals surface area contributed by atoms with E-state index in [0.29, 0.717) is 5.76 Å². The molecule has 112 valence electrons. The predicted molar refractivity (Wildman–Crippen MR) is 80.7 cm³/mol. The number of fused-ring (bicyclic) bond motifs is 1. The molecule has 0 saturated heterocycles. The molecule has 5 nitrogen and oxygen atoms in total. The summed E-state index contributed by atoms with van der Waals surface area (Å²) in [6.45, 7) is 2.64. The van der Waals surface area contributed by atoms with Gasteiger partial charge in [0.25, 0.3) is 0 Å². The summed E-state index contributed by atoms with van der Waals surface area (Å²) in [6, 6.07) is 8.32. The number of hydrogen-bond acceptors (Lipinski definition) is 4. The minimum Gasteiger partial charge on any atom is -0.468 e. The standard InChI is InChI=1S/C15H18N2O3S/c1-11(15-5-3-9-20-15)17-21(18,19)13-7-6-12-4-2-8-16-14(12)10-13/h3,5-7,9-11,16-17H,2,4,8H2,1H3. The van der Waals surface area contributed by atoms with Crippen LogP contribution >= 0.6 is 0 Å². The molecule has 2 N–H and O–H groups in total. The highest BCUT2D eigenvalue weighted by molar-refractivity contribution is 7.89. The molecule has 0 saturated carbocycles. The smallest absolute Gasteiger partial charge is 0.241 e. The minimum absolute atomic E-state index is 0.272. The van der Waals surface area contributed by atoms with Gasteiger partial charge in [0, 0.05) is 12.2 Å². The van der Waals surface area contributed by atoms with E-state index >= 15 is 0 Å². The topological polar surface area (TPSA) is 71.3 Å². The monoisotopic (exact) mass is 306 g/mol. The molecule has 0 aliphatic carbocycles. The molecule has 1 unspecified atom stereocenters. The van der Waals surface area contributed by atoms with Crippen LogP contribution in [0.25, 0.3) is 0 Å². The zero-order valence-corrected chi connectivity index (χ0v) is 12.6. The molecule has 1 aromatic heterocycles. The lowest BCUT2D eigenvalue weighted by molar-refractivity contribution is 0.459. The van der Waals surface area contributed by atoms with E-state index in [1.165, 1.54) is 11.8 Å². The van der Waals surface area contributed by atoms with Gasteiger partial charge in [-0.05, 0) is 49.6 Å². The molecular weight excluding hydrogens is 288 g/mol. The first-order chi connectivity index (χ1) is 10.1. The second-order valence-corrected chi connectivity index (χ2v) is 6.92. The highest BCUT2D eigenvalue weighted by atomic mass is 32.2. The van der Waals surface area contributed by atoms with E-state index in [2.05, 4.69) is 10.0 Å². The lowest BCUT2D eigenvalue weighted by Crippen LogP contribution is -2.27. The third-order valence-electron chi connectivity index (χ3n) is 3.63. The van der Waals surface area contributed by atoms with Crippen molar-refractivity contribution in [1.29, 1.82) is 0 Å². The zero-order valence-electron chi connectivity index (χ0n) is 11.8. The third-order valence-corrected chi connectivity index (χ3v) is 5.17. The van der Waals surface area contributed by atoms with E-state index in [0.717, 1.165) is 25.1 Å². The molecule has 0 amide bonds. The summed E-state index contributed by atoms with van der Waals surface area (Å²) < 4.78 is 32.7. The van der Waals surface area contributed by atoms with Crippen LogP contribution in [0, 0.1) is 0 Å². The van der Waals surface area contributed by atoms with Gasteiger partial charge in [0.2, 0.25) is 10.0 Å². The van der Waals surface area contributed by atoms with Crippen LogP contribution < -0.4 is 10.0 Å². The molecule has 2 heterocycles. The first-order valence-corrected chi connectivity index (χ1v) is 8.47. The van der Waals surface area contributed by atoms with Crippen molar-refractivity contribution in [3.05, 3.63) is 47.9 Å². The molecule has 0 radical (unpaired) electrons. The first kappa shape index (κ1) is 14.2. The second kappa shape index (κ2) is 5.54. The van der Waals surface area contributed by atoms with Gasteiger partial charge >= 0.3 is 0 Å². The number of benzene rings is 1. The molecule has 3 rings (SSSR count). The molecule has 1 aliphatic heterocycles. The van der Waals surface area contributed by atoms with Crippen LogP contribution in [0.1, 0.15) is 30.7 Å². The Kier molecular flexibility index (Phi) is 3.73. The molecular formula is C15H18N2O3S. The minimum atomic E-state index is -3.57. The Morgan fingerprint density at radius 1 is 1.33 bits per heavy atom. The number of hydrogen-bond donors (Lipinski definition) is 2. The van der Waals surface area contributed by atoms with Gasteiger partial charge in [-0.3, -0.25) is 0 Å². The summed E-state index contributed by atoms with van der Waals surface area (Å²) >= 11 is 0. The molecule has 0 spiro atoms. The van der Waals surface area contributed by atoms with Gasteiger partial charge < -0.3 is 9.73 Å². The summed E-state index contributed by atoms with van der Waals surface area (Å²) in [5.41, 5.74) is 2.08. The highest BCUT2D eigenvalue weighted by Crippen LogP contribution is 2.26. The van der Waals surface area contributed by atoms with Crippen LogP contribution in [0.2, 0.25) is 0 Å². The first-order valence-electron chi connectivity index (χ1n) is 6.99. The Morgan fingerprint density at radius 3 is 2.95 bits per heavy atom. The fraction of sp³-hybridized carbons (Fsp3) is 0.333. The van der Waals surface area contributed by atoms with Crippen molar-refractivity contribution in [3.8, 4) is 0 Å². The summed E-state index contributed by atoms with van der Waals surface area (Å²) in [7, 11) is -3.57. The maximum absolute atomic E-state index is 12.4. The van der Waals surface area contributed by atoms with Crippen LogP contribution in [0.4, 0.5) is 5.69 Å². The fourth-order valence-corrected chi connectivity index (χ4v) is 3.74. The van der Waals surface area contributed by atoms with Gasteiger partial charge in [-0.1, -0.05) is 6.07 Å². The van der Waals surface area contributed by atoms with E-state index in [1.54, 1.807) is 31.2 Å². The molecule has 21 heavy (non-hydrogen) atoms. The van der Waals surface area contributed by atoms with Crippen molar-refractivity contribution in [1.82, 2.24) is 4.72 Å². The van der Waals surface area contributed by atoms with Gasteiger partial charge in [-0.15, -0.1) is 0 Å². The maximum atomic E-state index is 12.4. The molecule has 1 aliphatic rings. The van der Waals surface area contributed by atoms with Crippen LogP contribution in [0.5, 0.6) is 0 Å². The Hall–Kier alpha value is -1.79. The van der Waals surface area contributed by atoms with Crippen molar-refractivity contribution in [2.45, 2.75) is 30.7 Å². The van der Waals surface area contributed by atoms with Gasteiger partial charge in [-0.2, -0.15) is 0 Å². The average Bonchev–Trinajstić information content (AvgIpc) is 3.00. The average molecular weight is 306 g/mol. The molecule has 0 fully saturated rings. The van der Waals surface area contributed by atoms with E-state index in [4.69, 9.17) is 4.42 Å². The van der Waals surface area contributed by atoms with E-state index in [1.807, 2.05) is 6.07 Å². The maximum Gasteiger partial charge on any atom is 0.241 e. The van der Waals surface area contributed by atoms with Gasteiger partial charge in [0.15, 0.2) is 0 Å². The van der Waals surface area contributed by atoms with Gasteiger partial charge in [0.1, 0.15) is 5.76 Å². The van der Waals surface area contributed by atoms with Crippen molar-refractivity contribution >= 4 is 15.7 Å². The van der Waals surface area contributed by atoms with Crippen molar-refractivity contribution < 1.29 is 12.8 Å². The number of nitrogens with one attached hydrogen (secondary N) is 2. The van der Waals surface area contributed by atoms with Crippen LogP contribution in [0.15, 0.2) is 45.9 Å². The number of sulfonamides is 1. The van der Waals surface area contributed by atoms with E-state index < -0.39 is 16.1 Å². The number of rotatable bonds is 4. The number of furan rings is 1.